The average Bonchev–Trinajstić information content (AvgIpc) is 2.60. The molecular formula is C18H18ClNO3. The number of nitrogens with one attached hydrogen (secondary N) is 1. The average molecular weight is 332 g/mol. The molecule has 0 fully saturated rings. The topological polar surface area (TPSA) is 58.6 Å². The monoisotopic (exact) mass is 331 g/mol. The number of carbonyl (C=O) groups is 1. The van der Waals surface area contributed by atoms with Gasteiger partial charge in [-0.25, -0.2) is 5.48 Å². The summed E-state index contributed by atoms with van der Waals surface area (Å²) in [5.41, 5.74) is 5.60. The Balaban J connectivity index is 1.61. The van der Waals surface area contributed by atoms with Crippen LogP contribution < -0.4 is 5.48 Å². The zero-order valence-corrected chi connectivity index (χ0v) is 13.3. The van der Waals surface area contributed by atoms with Gasteiger partial charge in [0, 0.05) is 10.6 Å². The number of hydrogen-bond donors (Lipinski definition) is 2. The molecule has 0 spiro atoms. The van der Waals surface area contributed by atoms with Crippen LogP contribution in [0.5, 0.6) is 0 Å². The van der Waals surface area contributed by atoms with E-state index in [0.717, 1.165) is 35.4 Å². The van der Waals surface area contributed by atoms with Crippen molar-refractivity contribution in [2.45, 2.75) is 32.0 Å². The van der Waals surface area contributed by atoms with E-state index in [-0.39, 0.29) is 6.10 Å². The molecule has 0 saturated heterocycles. The van der Waals surface area contributed by atoms with Crippen LogP contribution >= 0.6 is 11.6 Å². The van der Waals surface area contributed by atoms with Gasteiger partial charge in [0.25, 0.3) is 5.91 Å². The lowest BCUT2D eigenvalue weighted by atomic mass is 9.88. The smallest absolute Gasteiger partial charge is 0.274 e. The molecule has 0 saturated carbocycles. The summed E-state index contributed by atoms with van der Waals surface area (Å²) in [4.78, 5) is 11.5. The van der Waals surface area contributed by atoms with E-state index in [9.17, 15) is 4.79 Å². The third-order valence-electron chi connectivity index (χ3n) is 4.15. The first-order chi connectivity index (χ1) is 11.2. The number of rotatable bonds is 4. The number of aryl methyl sites for hydroxylation is 1. The van der Waals surface area contributed by atoms with Crippen LogP contribution in [0.15, 0.2) is 42.5 Å². The van der Waals surface area contributed by atoms with Crippen LogP contribution in [0.1, 0.15) is 33.5 Å². The normalized spacial score (nSPS) is 16.7. The molecule has 1 atom stereocenters. The molecule has 1 amide bonds. The number of fused-ring (bicyclic) bond motifs is 1. The maximum Gasteiger partial charge on any atom is 0.274 e. The standard InChI is InChI=1S/C18H18ClNO3/c19-16-6-1-12(2-7-16)11-23-17-8-5-13-9-15(18(21)20-22)4-3-14(13)10-17/h1-4,6-7,9,17,22H,5,8,10-11H2,(H,20,21). The summed E-state index contributed by atoms with van der Waals surface area (Å²) in [6, 6.07) is 13.2. The van der Waals surface area contributed by atoms with E-state index >= 15 is 0 Å². The number of hydrogen-bond acceptors (Lipinski definition) is 3. The van der Waals surface area contributed by atoms with Crippen LogP contribution in [0.25, 0.3) is 0 Å². The number of ether oxygens (including phenoxy) is 1. The lowest BCUT2D eigenvalue weighted by Gasteiger charge is -2.25. The highest BCUT2D eigenvalue weighted by atomic mass is 35.5. The van der Waals surface area contributed by atoms with Gasteiger partial charge in [0.15, 0.2) is 0 Å². The molecule has 1 aliphatic carbocycles. The van der Waals surface area contributed by atoms with E-state index in [1.807, 2.05) is 36.4 Å². The summed E-state index contributed by atoms with van der Waals surface area (Å²) < 4.78 is 6.00. The minimum Gasteiger partial charge on any atom is -0.373 e. The Morgan fingerprint density at radius 2 is 2.00 bits per heavy atom. The summed E-state index contributed by atoms with van der Waals surface area (Å²) in [6.45, 7) is 0.572. The van der Waals surface area contributed by atoms with E-state index in [2.05, 4.69) is 0 Å². The molecule has 0 radical (unpaired) electrons. The number of amides is 1. The van der Waals surface area contributed by atoms with Crippen LogP contribution in [0.3, 0.4) is 0 Å². The number of halogens is 1. The molecule has 1 aliphatic rings. The Morgan fingerprint density at radius 1 is 1.22 bits per heavy atom. The number of hydroxylamine groups is 1. The van der Waals surface area contributed by atoms with E-state index in [4.69, 9.17) is 21.5 Å². The van der Waals surface area contributed by atoms with Crippen molar-refractivity contribution in [3.05, 3.63) is 69.7 Å². The van der Waals surface area contributed by atoms with Crippen LogP contribution in [-0.2, 0) is 24.2 Å². The zero-order valence-electron chi connectivity index (χ0n) is 12.6. The summed E-state index contributed by atoms with van der Waals surface area (Å²) in [5, 5.41) is 9.43. The molecule has 2 aromatic carbocycles. The maximum absolute atomic E-state index is 11.5. The first-order valence-corrected chi connectivity index (χ1v) is 7.96. The van der Waals surface area contributed by atoms with Crippen molar-refractivity contribution in [2.24, 2.45) is 0 Å². The summed E-state index contributed by atoms with van der Waals surface area (Å²) >= 11 is 5.88. The Kier molecular flexibility index (Phi) is 4.96. The highest BCUT2D eigenvalue weighted by Gasteiger charge is 2.20. The summed E-state index contributed by atoms with van der Waals surface area (Å²) in [6.07, 6.45) is 2.80. The molecule has 23 heavy (non-hydrogen) atoms. The van der Waals surface area contributed by atoms with Crippen molar-refractivity contribution in [1.82, 2.24) is 5.48 Å². The Morgan fingerprint density at radius 3 is 2.74 bits per heavy atom. The molecule has 0 bridgehead atoms. The van der Waals surface area contributed by atoms with Crippen molar-refractivity contribution < 1.29 is 14.7 Å². The Hall–Kier alpha value is -1.88. The highest BCUT2D eigenvalue weighted by molar-refractivity contribution is 6.30. The fourth-order valence-electron chi connectivity index (χ4n) is 2.86. The zero-order chi connectivity index (χ0) is 16.2. The van der Waals surface area contributed by atoms with Crippen molar-refractivity contribution in [2.75, 3.05) is 0 Å². The van der Waals surface area contributed by atoms with Gasteiger partial charge >= 0.3 is 0 Å². The van der Waals surface area contributed by atoms with E-state index in [0.29, 0.717) is 12.2 Å². The fraction of sp³-hybridized carbons (Fsp3) is 0.278. The minimum absolute atomic E-state index is 0.177. The number of carbonyl (C=O) groups excluding carboxylic acids is 1. The maximum atomic E-state index is 11.5. The molecule has 1 unspecified atom stereocenters. The van der Waals surface area contributed by atoms with Crippen LogP contribution in [0.4, 0.5) is 0 Å². The van der Waals surface area contributed by atoms with E-state index < -0.39 is 5.91 Å². The molecular weight excluding hydrogens is 314 g/mol. The predicted molar refractivity (Wildman–Crippen MR) is 87.7 cm³/mol. The fourth-order valence-corrected chi connectivity index (χ4v) is 2.99. The Bertz CT molecular complexity index is 700. The van der Waals surface area contributed by atoms with Crippen molar-refractivity contribution >= 4 is 17.5 Å². The number of benzene rings is 2. The lowest BCUT2D eigenvalue weighted by molar-refractivity contribution is 0.0319. The van der Waals surface area contributed by atoms with Crippen molar-refractivity contribution in [3.8, 4) is 0 Å². The van der Waals surface area contributed by atoms with Gasteiger partial charge in [-0.15, -0.1) is 0 Å². The lowest BCUT2D eigenvalue weighted by Crippen LogP contribution is -2.24. The van der Waals surface area contributed by atoms with Crippen LogP contribution in [0, 0.1) is 0 Å². The second-order valence-corrected chi connectivity index (χ2v) is 6.16. The predicted octanol–water partition coefficient (Wildman–Crippen LogP) is 3.53. The molecule has 2 N–H and O–H groups in total. The van der Waals surface area contributed by atoms with Gasteiger partial charge in [0.1, 0.15) is 0 Å². The summed E-state index contributed by atoms with van der Waals surface area (Å²) in [7, 11) is 0. The molecule has 4 nitrogen and oxygen atoms in total. The molecule has 0 heterocycles. The van der Waals surface area contributed by atoms with Crippen molar-refractivity contribution in [1.29, 1.82) is 0 Å². The first kappa shape index (κ1) is 16.0. The SMILES string of the molecule is O=C(NO)c1ccc2c(c1)CCC(OCc1ccc(Cl)cc1)C2. The van der Waals surface area contributed by atoms with Gasteiger partial charge in [0.05, 0.1) is 12.7 Å². The highest BCUT2D eigenvalue weighted by Crippen LogP contribution is 2.25. The van der Waals surface area contributed by atoms with Crippen molar-refractivity contribution in [3.63, 3.8) is 0 Å². The molecule has 5 heteroatoms. The first-order valence-electron chi connectivity index (χ1n) is 7.58. The summed E-state index contributed by atoms with van der Waals surface area (Å²) in [5.74, 6) is -0.478. The van der Waals surface area contributed by atoms with Gasteiger partial charge in [0.2, 0.25) is 0 Å². The van der Waals surface area contributed by atoms with Crippen LogP contribution in [-0.4, -0.2) is 17.2 Å². The third kappa shape index (κ3) is 3.91. The molecule has 3 rings (SSSR count). The second-order valence-electron chi connectivity index (χ2n) is 5.73. The van der Waals surface area contributed by atoms with Gasteiger partial charge in [-0.1, -0.05) is 29.8 Å². The molecule has 0 aromatic heterocycles. The second kappa shape index (κ2) is 7.13. The third-order valence-corrected chi connectivity index (χ3v) is 4.40. The minimum atomic E-state index is -0.478. The van der Waals surface area contributed by atoms with Gasteiger partial charge in [-0.2, -0.15) is 0 Å². The Labute approximate surface area is 140 Å². The molecule has 120 valence electrons. The van der Waals surface area contributed by atoms with E-state index in [1.54, 1.807) is 11.5 Å². The van der Waals surface area contributed by atoms with Gasteiger partial charge < -0.3 is 4.74 Å². The van der Waals surface area contributed by atoms with Crippen LogP contribution in [0.2, 0.25) is 5.02 Å². The van der Waals surface area contributed by atoms with Gasteiger partial charge in [-0.3, -0.25) is 10.0 Å². The van der Waals surface area contributed by atoms with Gasteiger partial charge in [-0.05, 0) is 60.2 Å². The largest absolute Gasteiger partial charge is 0.373 e. The van der Waals surface area contributed by atoms with E-state index in [1.165, 1.54) is 5.56 Å². The quantitative estimate of drug-likeness (QED) is 0.665. The molecule has 0 aliphatic heterocycles. The molecule has 2 aromatic rings.